The highest BCUT2D eigenvalue weighted by molar-refractivity contribution is 6.31. The smallest absolute Gasteiger partial charge is 0.250 e. The largest absolute Gasteiger partial charge is 0.367 e. The molecule has 4 rings (SSSR count). The van der Waals surface area contributed by atoms with Gasteiger partial charge in [-0.3, -0.25) is 4.79 Å². The molecule has 0 radical (unpaired) electrons. The van der Waals surface area contributed by atoms with Crippen LogP contribution in [0.4, 0.5) is 5.69 Å². The summed E-state index contributed by atoms with van der Waals surface area (Å²) in [5.74, 6) is 1.68. The molecule has 1 aromatic heterocycles. The van der Waals surface area contributed by atoms with Crippen molar-refractivity contribution in [3.05, 3.63) is 64.9 Å². The number of hydrogen-bond donors (Lipinski definition) is 1. The van der Waals surface area contributed by atoms with Crippen LogP contribution in [0.25, 0.3) is 11.4 Å². The molecule has 3 aromatic rings. The number of carbonyl (C=O) groups is 1. The van der Waals surface area contributed by atoms with Gasteiger partial charge in [0.25, 0.3) is 0 Å². The first kappa shape index (κ1) is 19.6. The average Bonchev–Trinajstić information content (AvgIpc) is 2.98. The van der Waals surface area contributed by atoms with Gasteiger partial charge >= 0.3 is 0 Å². The quantitative estimate of drug-likeness (QED) is 0.650. The number of amides is 1. The zero-order valence-corrected chi connectivity index (χ0v) is 16.9. The van der Waals surface area contributed by atoms with E-state index >= 15 is 0 Å². The third-order valence-corrected chi connectivity index (χ3v) is 5.33. The highest BCUT2D eigenvalue weighted by Gasteiger charge is 2.16. The molecule has 7 heteroatoms. The number of ether oxygens (including phenoxy) is 1. The first-order valence-electron chi connectivity index (χ1n) is 9.84. The Bertz CT molecular complexity index is 1000. The maximum Gasteiger partial charge on any atom is 0.250 e. The summed E-state index contributed by atoms with van der Waals surface area (Å²) in [7, 11) is 0. The minimum absolute atomic E-state index is 0.0459. The zero-order valence-electron chi connectivity index (χ0n) is 16.1. The number of fused-ring (bicyclic) bond motifs is 1. The molecular weight excluding hydrogens is 388 g/mol. The minimum atomic E-state index is -0.214. The Balaban J connectivity index is 1.38. The Kier molecular flexibility index (Phi) is 6.22. The Morgan fingerprint density at radius 1 is 1.10 bits per heavy atom. The van der Waals surface area contributed by atoms with Gasteiger partial charge in [-0.05, 0) is 36.6 Å². The number of hydrogen-bond acceptors (Lipinski definition) is 4. The van der Waals surface area contributed by atoms with E-state index < -0.39 is 0 Å². The SMILES string of the molecule is O=C(COCc1ccccc1Cl)Nc1cccc(-c2nnc3n2CCCCC3)c1. The van der Waals surface area contributed by atoms with Crippen molar-refractivity contribution in [3.8, 4) is 11.4 Å². The number of carbonyl (C=O) groups excluding carboxylic acids is 1. The Morgan fingerprint density at radius 2 is 2.00 bits per heavy atom. The van der Waals surface area contributed by atoms with Gasteiger partial charge in [0.05, 0.1) is 6.61 Å². The van der Waals surface area contributed by atoms with Crippen molar-refractivity contribution >= 4 is 23.2 Å². The summed E-state index contributed by atoms with van der Waals surface area (Å²) in [6.45, 7) is 1.18. The number of aromatic nitrogens is 3. The molecule has 6 nitrogen and oxygen atoms in total. The molecule has 1 aliphatic heterocycles. The van der Waals surface area contributed by atoms with Crippen LogP contribution in [0.2, 0.25) is 5.02 Å². The van der Waals surface area contributed by atoms with Gasteiger partial charge in [0.15, 0.2) is 5.82 Å². The number of aryl methyl sites for hydroxylation is 1. The lowest BCUT2D eigenvalue weighted by atomic mass is 10.2. The number of nitrogens with one attached hydrogen (secondary N) is 1. The van der Waals surface area contributed by atoms with Crippen molar-refractivity contribution < 1.29 is 9.53 Å². The summed E-state index contributed by atoms with van der Waals surface area (Å²) >= 11 is 6.10. The fourth-order valence-electron chi connectivity index (χ4n) is 3.50. The van der Waals surface area contributed by atoms with E-state index in [9.17, 15) is 4.79 Å². The van der Waals surface area contributed by atoms with E-state index in [0.29, 0.717) is 17.3 Å². The van der Waals surface area contributed by atoms with E-state index in [4.69, 9.17) is 16.3 Å². The monoisotopic (exact) mass is 410 g/mol. The van der Waals surface area contributed by atoms with Crippen molar-refractivity contribution in [1.82, 2.24) is 14.8 Å². The highest BCUT2D eigenvalue weighted by Crippen LogP contribution is 2.25. The van der Waals surface area contributed by atoms with Gasteiger partial charge in [-0.1, -0.05) is 48.4 Å². The van der Waals surface area contributed by atoms with Gasteiger partial charge in [-0.2, -0.15) is 0 Å². The van der Waals surface area contributed by atoms with Crippen LogP contribution < -0.4 is 5.32 Å². The molecule has 0 atom stereocenters. The first-order chi connectivity index (χ1) is 14.2. The topological polar surface area (TPSA) is 69.0 Å². The van der Waals surface area contributed by atoms with Crippen molar-refractivity contribution in [2.45, 2.75) is 38.8 Å². The van der Waals surface area contributed by atoms with Crippen LogP contribution >= 0.6 is 11.6 Å². The molecule has 150 valence electrons. The molecule has 2 heterocycles. The van der Waals surface area contributed by atoms with Crippen molar-refractivity contribution in [2.75, 3.05) is 11.9 Å². The molecule has 0 bridgehead atoms. The molecule has 2 aromatic carbocycles. The maximum atomic E-state index is 12.3. The van der Waals surface area contributed by atoms with Gasteiger partial charge < -0.3 is 14.6 Å². The first-order valence-corrected chi connectivity index (χ1v) is 10.2. The lowest BCUT2D eigenvalue weighted by molar-refractivity contribution is -0.121. The van der Waals surface area contributed by atoms with E-state index in [1.165, 1.54) is 6.42 Å². The number of benzene rings is 2. The van der Waals surface area contributed by atoms with Crippen LogP contribution in [0, 0.1) is 0 Å². The van der Waals surface area contributed by atoms with Crippen LogP contribution in [0.5, 0.6) is 0 Å². The molecule has 29 heavy (non-hydrogen) atoms. The number of rotatable bonds is 6. The maximum absolute atomic E-state index is 12.3. The van der Waals surface area contributed by atoms with Crippen molar-refractivity contribution in [1.29, 1.82) is 0 Å². The summed E-state index contributed by atoms with van der Waals surface area (Å²) in [5.41, 5.74) is 2.51. The predicted octanol–water partition coefficient (Wildman–Crippen LogP) is 4.48. The molecule has 1 amide bonds. The summed E-state index contributed by atoms with van der Waals surface area (Å²) in [4.78, 5) is 12.3. The molecule has 0 saturated heterocycles. The fraction of sp³-hybridized carbons (Fsp3) is 0.318. The van der Waals surface area contributed by atoms with Gasteiger partial charge in [-0.25, -0.2) is 0 Å². The number of nitrogens with zero attached hydrogens (tertiary/aromatic N) is 3. The predicted molar refractivity (Wildman–Crippen MR) is 113 cm³/mol. The lowest BCUT2D eigenvalue weighted by Crippen LogP contribution is -2.18. The molecule has 0 fully saturated rings. The molecular formula is C22H23ClN4O2. The van der Waals surface area contributed by atoms with Gasteiger partial charge in [0.1, 0.15) is 12.4 Å². The van der Waals surface area contributed by atoms with E-state index in [-0.39, 0.29) is 12.5 Å². The molecule has 1 aliphatic rings. The highest BCUT2D eigenvalue weighted by atomic mass is 35.5. The van der Waals surface area contributed by atoms with Crippen LogP contribution in [-0.4, -0.2) is 27.3 Å². The second-order valence-electron chi connectivity index (χ2n) is 7.12. The van der Waals surface area contributed by atoms with E-state index in [1.807, 2.05) is 42.5 Å². The van der Waals surface area contributed by atoms with E-state index in [2.05, 4.69) is 20.1 Å². The van der Waals surface area contributed by atoms with Crippen LogP contribution in [0.15, 0.2) is 48.5 Å². The standard InChI is InChI=1S/C22H23ClN4O2/c23-19-10-4-3-7-17(19)14-29-15-21(28)24-18-9-6-8-16(13-18)22-26-25-20-11-2-1-5-12-27(20)22/h3-4,6-10,13H,1-2,5,11-12,14-15H2,(H,24,28). The molecule has 0 spiro atoms. The third kappa shape index (κ3) is 4.83. The summed E-state index contributed by atoms with van der Waals surface area (Å²) in [5, 5.41) is 12.3. The Hall–Kier alpha value is -2.70. The molecule has 0 aliphatic carbocycles. The van der Waals surface area contributed by atoms with Gasteiger partial charge in [0, 0.05) is 29.2 Å². The minimum Gasteiger partial charge on any atom is -0.367 e. The second kappa shape index (κ2) is 9.20. The van der Waals surface area contributed by atoms with Crippen LogP contribution in [0.1, 0.15) is 30.7 Å². The summed E-state index contributed by atoms with van der Waals surface area (Å²) in [6.07, 6.45) is 4.47. The molecule has 1 N–H and O–H groups in total. The Morgan fingerprint density at radius 3 is 2.90 bits per heavy atom. The van der Waals surface area contributed by atoms with E-state index in [1.54, 1.807) is 6.07 Å². The Labute approximate surface area is 174 Å². The van der Waals surface area contributed by atoms with Crippen LogP contribution in [-0.2, 0) is 29.1 Å². The van der Waals surface area contributed by atoms with Crippen molar-refractivity contribution in [2.24, 2.45) is 0 Å². The fourth-order valence-corrected chi connectivity index (χ4v) is 3.69. The summed E-state index contributed by atoms with van der Waals surface area (Å²) < 4.78 is 7.70. The third-order valence-electron chi connectivity index (χ3n) is 4.96. The number of halogens is 1. The van der Waals surface area contributed by atoms with Crippen molar-refractivity contribution in [3.63, 3.8) is 0 Å². The molecule has 0 unspecified atom stereocenters. The second-order valence-corrected chi connectivity index (χ2v) is 7.52. The van der Waals surface area contributed by atoms with Gasteiger partial charge in [-0.15, -0.1) is 10.2 Å². The molecule has 0 saturated carbocycles. The van der Waals surface area contributed by atoms with Gasteiger partial charge in [0.2, 0.25) is 5.91 Å². The number of anilines is 1. The normalized spacial score (nSPS) is 13.6. The summed E-state index contributed by atoms with van der Waals surface area (Å²) in [6, 6.07) is 15.1. The average molecular weight is 411 g/mol. The zero-order chi connectivity index (χ0) is 20.1. The lowest BCUT2D eigenvalue weighted by Gasteiger charge is -2.10. The van der Waals surface area contributed by atoms with E-state index in [0.717, 1.165) is 48.6 Å². The van der Waals surface area contributed by atoms with Crippen LogP contribution in [0.3, 0.4) is 0 Å².